The molecule has 0 spiro atoms. The van der Waals surface area contributed by atoms with Crippen molar-refractivity contribution in [2.24, 2.45) is 14.1 Å². The van der Waals surface area contributed by atoms with Gasteiger partial charge in [-0.25, -0.2) is 9.59 Å². The number of rotatable bonds is 4. The Morgan fingerprint density at radius 3 is 2.41 bits per heavy atom. The van der Waals surface area contributed by atoms with Crippen LogP contribution in [-0.2, 0) is 28.4 Å². The largest absolute Gasteiger partial charge is 0.459 e. The van der Waals surface area contributed by atoms with Crippen molar-refractivity contribution in [1.29, 1.82) is 0 Å². The van der Waals surface area contributed by atoms with Gasteiger partial charge in [0.05, 0.1) is 23.3 Å². The molecule has 1 amide bonds. The number of thioether (sulfide) groups is 1. The van der Waals surface area contributed by atoms with E-state index in [-0.39, 0.29) is 12.3 Å². The molecule has 0 bridgehead atoms. The number of carbonyl (C=O) groups excluding carboxylic acids is 2. The summed E-state index contributed by atoms with van der Waals surface area (Å²) in [4.78, 5) is 37.1. The number of hydrogen-bond donors (Lipinski definition) is 1. The molecule has 1 aliphatic carbocycles. The third kappa shape index (κ3) is 4.05. The predicted molar refractivity (Wildman–Crippen MR) is 106 cm³/mol. The Balaban J connectivity index is 2.00. The zero-order valence-corrected chi connectivity index (χ0v) is 16.7. The zero-order valence-electron chi connectivity index (χ0n) is 15.9. The van der Waals surface area contributed by atoms with E-state index in [0.29, 0.717) is 16.5 Å². The van der Waals surface area contributed by atoms with E-state index in [2.05, 4.69) is 5.32 Å². The minimum atomic E-state index is -0.909. The molecule has 1 aliphatic rings. The number of aromatic nitrogens is 2. The summed E-state index contributed by atoms with van der Waals surface area (Å²) >= 11 is 1.71. The standard InChI is InChI=1S/C19H25N3O4S/c1-4-26-18(24)17(23)20-13-10-14-15(22(3)19(25)21(14)2)11-16(13)27-12-8-6-5-7-9-12/h10-12H,4-9H2,1-3H3,(H,20,23). The van der Waals surface area contributed by atoms with E-state index in [0.717, 1.165) is 23.3 Å². The lowest BCUT2D eigenvalue weighted by atomic mass is 10.0. The second kappa shape index (κ2) is 8.21. The van der Waals surface area contributed by atoms with Gasteiger partial charge in [-0.05, 0) is 31.9 Å². The van der Waals surface area contributed by atoms with Crippen molar-refractivity contribution in [2.45, 2.75) is 49.2 Å². The van der Waals surface area contributed by atoms with Crippen LogP contribution >= 0.6 is 11.8 Å². The van der Waals surface area contributed by atoms with E-state index < -0.39 is 11.9 Å². The molecule has 0 aliphatic heterocycles. The van der Waals surface area contributed by atoms with Crippen molar-refractivity contribution < 1.29 is 14.3 Å². The lowest BCUT2D eigenvalue weighted by molar-refractivity contribution is -0.152. The van der Waals surface area contributed by atoms with Gasteiger partial charge in [-0.3, -0.25) is 13.9 Å². The highest BCUT2D eigenvalue weighted by Crippen LogP contribution is 2.39. The molecule has 1 fully saturated rings. The highest BCUT2D eigenvalue weighted by Gasteiger charge is 2.22. The third-order valence-electron chi connectivity index (χ3n) is 4.93. The van der Waals surface area contributed by atoms with Crippen LogP contribution in [0.4, 0.5) is 5.69 Å². The van der Waals surface area contributed by atoms with Crippen molar-refractivity contribution in [3.8, 4) is 0 Å². The first-order chi connectivity index (χ1) is 12.9. The molecule has 0 saturated heterocycles. The molecule has 0 atom stereocenters. The maximum Gasteiger partial charge on any atom is 0.397 e. The molecule has 7 nitrogen and oxygen atoms in total. The van der Waals surface area contributed by atoms with Crippen LogP contribution < -0.4 is 11.0 Å². The summed E-state index contributed by atoms with van der Waals surface area (Å²) in [6.45, 7) is 1.80. The fraction of sp³-hybridized carbons (Fsp3) is 0.526. The van der Waals surface area contributed by atoms with Crippen molar-refractivity contribution >= 4 is 40.4 Å². The number of fused-ring (bicyclic) bond motifs is 1. The van der Waals surface area contributed by atoms with Gasteiger partial charge in [0.15, 0.2) is 0 Å². The second-order valence-electron chi connectivity index (χ2n) is 6.79. The zero-order chi connectivity index (χ0) is 19.6. The fourth-order valence-electron chi connectivity index (χ4n) is 3.45. The molecule has 146 valence electrons. The van der Waals surface area contributed by atoms with Crippen LogP contribution in [0.2, 0.25) is 0 Å². The van der Waals surface area contributed by atoms with Crippen molar-refractivity contribution in [2.75, 3.05) is 11.9 Å². The van der Waals surface area contributed by atoms with Crippen LogP contribution in [0, 0.1) is 0 Å². The molecule has 1 aromatic carbocycles. The SMILES string of the molecule is CCOC(=O)C(=O)Nc1cc2c(cc1SC1CCCCC1)n(C)c(=O)n2C. The Labute approximate surface area is 162 Å². The number of aryl methyl sites for hydroxylation is 2. The Morgan fingerprint density at radius 1 is 1.15 bits per heavy atom. The van der Waals surface area contributed by atoms with Crippen LogP contribution in [0.5, 0.6) is 0 Å². The van der Waals surface area contributed by atoms with E-state index in [9.17, 15) is 14.4 Å². The molecular weight excluding hydrogens is 366 g/mol. The van der Waals surface area contributed by atoms with E-state index in [1.165, 1.54) is 23.8 Å². The third-order valence-corrected chi connectivity index (χ3v) is 6.32. The first-order valence-electron chi connectivity index (χ1n) is 9.26. The van der Waals surface area contributed by atoms with Gasteiger partial charge in [-0.15, -0.1) is 11.8 Å². The van der Waals surface area contributed by atoms with Crippen LogP contribution in [0.15, 0.2) is 21.8 Å². The minimum absolute atomic E-state index is 0.132. The monoisotopic (exact) mass is 391 g/mol. The molecule has 1 heterocycles. The number of anilines is 1. The highest BCUT2D eigenvalue weighted by atomic mass is 32.2. The number of nitrogens with one attached hydrogen (secondary N) is 1. The maximum atomic E-state index is 12.3. The number of imidazole rings is 1. The number of nitrogens with zero attached hydrogens (tertiary/aromatic N) is 2. The summed E-state index contributed by atoms with van der Waals surface area (Å²) in [5.41, 5.74) is 1.91. The first-order valence-corrected chi connectivity index (χ1v) is 10.1. The Bertz CT molecular complexity index is 925. The number of amides is 1. The molecular formula is C19H25N3O4S. The summed E-state index contributed by atoms with van der Waals surface area (Å²) in [7, 11) is 3.42. The van der Waals surface area contributed by atoms with Crippen molar-refractivity contribution in [3.63, 3.8) is 0 Å². The summed E-state index contributed by atoms with van der Waals surface area (Å²) in [5, 5.41) is 3.14. The molecule has 1 N–H and O–H groups in total. The van der Waals surface area contributed by atoms with Crippen LogP contribution in [0.1, 0.15) is 39.0 Å². The summed E-state index contributed by atoms with van der Waals surface area (Å²) < 4.78 is 7.91. The predicted octanol–water partition coefficient (Wildman–Crippen LogP) is 2.80. The van der Waals surface area contributed by atoms with Crippen LogP contribution in [0.3, 0.4) is 0 Å². The average Bonchev–Trinajstić information content (AvgIpc) is 2.87. The maximum absolute atomic E-state index is 12.3. The average molecular weight is 391 g/mol. The van der Waals surface area contributed by atoms with Gasteiger partial charge in [0.2, 0.25) is 0 Å². The van der Waals surface area contributed by atoms with Crippen LogP contribution in [-0.4, -0.2) is 32.9 Å². The Kier molecular flexibility index (Phi) is 5.94. The van der Waals surface area contributed by atoms with Gasteiger partial charge in [0, 0.05) is 24.2 Å². The molecule has 0 unspecified atom stereocenters. The van der Waals surface area contributed by atoms with E-state index >= 15 is 0 Å². The normalized spacial score (nSPS) is 15.1. The quantitative estimate of drug-likeness (QED) is 0.640. The van der Waals surface area contributed by atoms with Gasteiger partial charge < -0.3 is 10.1 Å². The Morgan fingerprint density at radius 2 is 1.78 bits per heavy atom. The lowest BCUT2D eigenvalue weighted by Gasteiger charge is -2.22. The van der Waals surface area contributed by atoms with Gasteiger partial charge >= 0.3 is 17.6 Å². The molecule has 27 heavy (non-hydrogen) atoms. The Hall–Kier alpha value is -2.22. The first kappa shape index (κ1) is 19.5. The second-order valence-corrected chi connectivity index (χ2v) is 8.13. The number of esters is 1. The minimum Gasteiger partial charge on any atom is -0.459 e. The van der Waals surface area contributed by atoms with Gasteiger partial charge in [-0.2, -0.15) is 0 Å². The molecule has 3 rings (SSSR count). The fourth-order valence-corrected chi connectivity index (χ4v) is 4.80. The number of hydrogen-bond acceptors (Lipinski definition) is 5. The summed E-state index contributed by atoms with van der Waals surface area (Å²) in [6, 6.07) is 3.69. The van der Waals surface area contributed by atoms with Gasteiger partial charge in [0.1, 0.15) is 0 Å². The molecule has 0 radical (unpaired) electrons. The van der Waals surface area contributed by atoms with E-state index in [1.807, 2.05) is 6.07 Å². The van der Waals surface area contributed by atoms with E-state index in [1.54, 1.807) is 43.4 Å². The number of ether oxygens (including phenoxy) is 1. The smallest absolute Gasteiger partial charge is 0.397 e. The van der Waals surface area contributed by atoms with E-state index in [4.69, 9.17) is 4.74 Å². The van der Waals surface area contributed by atoms with Crippen molar-refractivity contribution in [1.82, 2.24) is 9.13 Å². The topological polar surface area (TPSA) is 82.3 Å². The number of carbonyl (C=O) groups is 2. The summed E-state index contributed by atoms with van der Waals surface area (Å²) in [5.74, 6) is -1.71. The molecule has 8 heteroatoms. The highest BCUT2D eigenvalue weighted by molar-refractivity contribution is 8.00. The molecule has 2 aromatic rings. The molecule has 1 aromatic heterocycles. The lowest BCUT2D eigenvalue weighted by Crippen LogP contribution is -2.25. The van der Waals surface area contributed by atoms with Gasteiger partial charge in [0.25, 0.3) is 0 Å². The molecule has 1 saturated carbocycles. The van der Waals surface area contributed by atoms with Crippen molar-refractivity contribution in [3.05, 3.63) is 22.6 Å². The van der Waals surface area contributed by atoms with Gasteiger partial charge in [-0.1, -0.05) is 19.3 Å². The van der Waals surface area contributed by atoms with Crippen LogP contribution in [0.25, 0.3) is 11.0 Å². The number of benzene rings is 1. The summed E-state index contributed by atoms with van der Waals surface area (Å²) in [6.07, 6.45) is 5.92.